The summed E-state index contributed by atoms with van der Waals surface area (Å²) >= 11 is 7.49. The molecule has 6 heteroatoms. The molecule has 1 aromatic rings. The normalized spacial score (nSPS) is 25.4. The Kier molecular flexibility index (Phi) is 3.62. The molecule has 1 saturated heterocycles. The second-order valence-electron chi connectivity index (χ2n) is 5.25. The first-order chi connectivity index (χ1) is 9.14. The molecule has 0 amide bonds. The van der Waals surface area contributed by atoms with E-state index in [1.165, 1.54) is 24.6 Å². The minimum atomic E-state index is 0.233. The average Bonchev–Trinajstić information content (AvgIpc) is 3.19. The molecule has 0 aromatic carbocycles. The molecule has 1 aliphatic carbocycles. The van der Waals surface area contributed by atoms with Gasteiger partial charge in [-0.15, -0.1) is 0 Å². The predicted octanol–water partition coefficient (Wildman–Crippen LogP) is 1.79. The highest BCUT2D eigenvalue weighted by molar-refractivity contribution is 7.79. The summed E-state index contributed by atoms with van der Waals surface area (Å²) in [7, 11) is 0. The van der Waals surface area contributed by atoms with E-state index in [1.54, 1.807) is 0 Å². The molecule has 1 aliphatic heterocycles. The molecule has 1 atom stereocenters. The quantitative estimate of drug-likeness (QED) is 0.485. The van der Waals surface area contributed by atoms with E-state index in [4.69, 9.17) is 16.3 Å². The van der Waals surface area contributed by atoms with Crippen LogP contribution >= 0.6 is 11.6 Å². The van der Waals surface area contributed by atoms with Crippen molar-refractivity contribution in [2.45, 2.75) is 30.6 Å². The number of nitrogens with zero attached hydrogens (tertiary/aromatic N) is 3. The largest absolute Gasteiger partial charge is 0.377 e. The van der Waals surface area contributed by atoms with Gasteiger partial charge in [-0.05, 0) is 30.3 Å². The first-order valence-electron chi connectivity index (χ1n) is 6.65. The Hall–Kier alpha value is -0.520. The van der Waals surface area contributed by atoms with Crippen LogP contribution in [-0.2, 0) is 21.2 Å². The number of hydrogen-bond acceptors (Lipinski definition) is 4. The van der Waals surface area contributed by atoms with Gasteiger partial charge < -0.3 is 9.64 Å². The third-order valence-corrected chi connectivity index (χ3v) is 5.68. The SMILES string of the molecule is C[SH+]C1(c2cc(N3CCOC[C@H]3C)nc(Cl)n2)CC1. The Morgan fingerprint density at radius 1 is 1.47 bits per heavy atom. The summed E-state index contributed by atoms with van der Waals surface area (Å²) in [6.07, 6.45) is 4.60. The first-order valence-corrected chi connectivity index (χ1v) is 8.37. The molecule has 2 fully saturated rings. The molecule has 1 aromatic heterocycles. The Labute approximate surface area is 122 Å². The van der Waals surface area contributed by atoms with Gasteiger partial charge in [0.05, 0.1) is 25.5 Å². The summed E-state index contributed by atoms with van der Waals surface area (Å²) in [6.45, 7) is 4.51. The molecule has 19 heavy (non-hydrogen) atoms. The van der Waals surface area contributed by atoms with Crippen LogP contribution < -0.4 is 4.90 Å². The number of ether oxygens (including phenoxy) is 1. The van der Waals surface area contributed by atoms with Crippen LogP contribution in [0.4, 0.5) is 5.82 Å². The summed E-state index contributed by atoms with van der Waals surface area (Å²) < 4.78 is 5.71. The van der Waals surface area contributed by atoms with Gasteiger partial charge in [0, 0.05) is 25.5 Å². The third-order valence-electron chi connectivity index (χ3n) is 3.98. The van der Waals surface area contributed by atoms with Crippen LogP contribution in [0.3, 0.4) is 0 Å². The second kappa shape index (κ2) is 5.11. The van der Waals surface area contributed by atoms with Crippen LogP contribution in [0.15, 0.2) is 6.07 Å². The van der Waals surface area contributed by atoms with Gasteiger partial charge in [0.1, 0.15) is 11.5 Å². The summed E-state index contributed by atoms with van der Waals surface area (Å²) in [5, 5.41) is 0.362. The van der Waals surface area contributed by atoms with Gasteiger partial charge in [0.2, 0.25) is 5.28 Å². The van der Waals surface area contributed by atoms with E-state index in [-0.39, 0.29) is 4.75 Å². The molecule has 0 spiro atoms. The molecular formula is C13H19ClN3OS+. The van der Waals surface area contributed by atoms with E-state index in [1.807, 2.05) is 0 Å². The average molecular weight is 301 g/mol. The van der Waals surface area contributed by atoms with Crippen molar-refractivity contribution >= 4 is 29.2 Å². The maximum Gasteiger partial charge on any atom is 0.224 e. The lowest BCUT2D eigenvalue weighted by Crippen LogP contribution is -2.44. The van der Waals surface area contributed by atoms with E-state index in [0.29, 0.717) is 11.3 Å². The molecular weight excluding hydrogens is 282 g/mol. The Morgan fingerprint density at radius 2 is 2.26 bits per heavy atom. The molecule has 0 bridgehead atoms. The minimum Gasteiger partial charge on any atom is -0.377 e. The topological polar surface area (TPSA) is 38.2 Å². The molecule has 4 nitrogen and oxygen atoms in total. The highest BCUT2D eigenvalue weighted by atomic mass is 35.5. The number of hydrogen-bond donors (Lipinski definition) is 0. The van der Waals surface area contributed by atoms with Crippen LogP contribution in [-0.4, -0.2) is 42.0 Å². The number of morpholine rings is 1. The zero-order valence-corrected chi connectivity index (χ0v) is 12.9. The summed E-state index contributed by atoms with van der Waals surface area (Å²) in [4.78, 5) is 11.1. The first kappa shape index (κ1) is 13.5. The zero-order valence-electron chi connectivity index (χ0n) is 11.3. The fourth-order valence-electron chi connectivity index (χ4n) is 2.57. The zero-order chi connectivity index (χ0) is 13.5. The number of aromatic nitrogens is 2. The van der Waals surface area contributed by atoms with Crippen molar-refractivity contribution in [1.29, 1.82) is 0 Å². The summed E-state index contributed by atoms with van der Waals surface area (Å²) in [5.74, 6) is 0.945. The fourth-order valence-corrected chi connectivity index (χ4v) is 3.65. The highest BCUT2D eigenvalue weighted by Gasteiger charge is 2.52. The predicted molar refractivity (Wildman–Crippen MR) is 80.3 cm³/mol. The summed E-state index contributed by atoms with van der Waals surface area (Å²) in [5.41, 5.74) is 1.10. The van der Waals surface area contributed by atoms with Gasteiger partial charge in [-0.25, -0.2) is 9.97 Å². The van der Waals surface area contributed by atoms with Crippen molar-refractivity contribution in [3.63, 3.8) is 0 Å². The van der Waals surface area contributed by atoms with Gasteiger partial charge in [-0.3, -0.25) is 0 Å². The van der Waals surface area contributed by atoms with Crippen molar-refractivity contribution < 1.29 is 4.74 Å². The van der Waals surface area contributed by atoms with E-state index in [0.717, 1.165) is 31.3 Å². The van der Waals surface area contributed by atoms with Gasteiger partial charge in [0.15, 0.2) is 4.75 Å². The number of anilines is 1. The molecule has 2 aliphatic rings. The van der Waals surface area contributed by atoms with E-state index >= 15 is 0 Å². The summed E-state index contributed by atoms with van der Waals surface area (Å²) in [6, 6.07) is 2.46. The molecule has 0 unspecified atom stereocenters. The van der Waals surface area contributed by atoms with Gasteiger partial charge in [-0.1, -0.05) is 0 Å². The van der Waals surface area contributed by atoms with E-state index in [2.05, 4.69) is 34.1 Å². The number of rotatable bonds is 3. The van der Waals surface area contributed by atoms with Crippen LogP contribution in [0.2, 0.25) is 5.28 Å². The second-order valence-corrected chi connectivity index (χ2v) is 6.89. The van der Waals surface area contributed by atoms with E-state index in [9.17, 15) is 0 Å². The van der Waals surface area contributed by atoms with Crippen molar-refractivity contribution in [3.05, 3.63) is 17.0 Å². The van der Waals surface area contributed by atoms with Crippen LogP contribution in [0, 0.1) is 0 Å². The Balaban J connectivity index is 1.93. The third kappa shape index (κ3) is 2.56. The van der Waals surface area contributed by atoms with Crippen molar-refractivity contribution in [2.75, 3.05) is 30.9 Å². The lowest BCUT2D eigenvalue weighted by Gasteiger charge is -2.34. The van der Waals surface area contributed by atoms with Crippen molar-refractivity contribution in [3.8, 4) is 0 Å². The van der Waals surface area contributed by atoms with Gasteiger partial charge in [-0.2, -0.15) is 0 Å². The Morgan fingerprint density at radius 3 is 2.89 bits per heavy atom. The van der Waals surface area contributed by atoms with Crippen LogP contribution in [0.1, 0.15) is 25.5 Å². The fraction of sp³-hybridized carbons (Fsp3) is 0.692. The monoisotopic (exact) mass is 300 g/mol. The molecule has 2 heterocycles. The highest BCUT2D eigenvalue weighted by Crippen LogP contribution is 2.49. The number of thiol groups is 1. The lowest BCUT2D eigenvalue weighted by molar-refractivity contribution is 0.0985. The standard InChI is InChI=1S/C13H18ClN3OS/c1-9-8-18-6-5-17(9)11-7-10(15-12(14)16-11)13(19-2)3-4-13/h7,9H,3-6,8H2,1-2H3/p+1/t9-/m1/s1. The van der Waals surface area contributed by atoms with Gasteiger partial charge >= 0.3 is 0 Å². The molecule has 104 valence electrons. The number of halogens is 1. The van der Waals surface area contributed by atoms with Crippen molar-refractivity contribution in [1.82, 2.24) is 9.97 Å². The maximum atomic E-state index is 6.12. The molecule has 0 N–H and O–H groups in total. The molecule has 0 radical (unpaired) electrons. The van der Waals surface area contributed by atoms with Crippen LogP contribution in [0.25, 0.3) is 0 Å². The van der Waals surface area contributed by atoms with Crippen LogP contribution in [0.5, 0.6) is 0 Å². The smallest absolute Gasteiger partial charge is 0.224 e. The minimum absolute atomic E-state index is 0.233. The molecule has 3 rings (SSSR count). The van der Waals surface area contributed by atoms with Gasteiger partial charge in [0.25, 0.3) is 0 Å². The maximum absolute atomic E-state index is 6.12. The van der Waals surface area contributed by atoms with E-state index < -0.39 is 0 Å². The lowest BCUT2D eigenvalue weighted by atomic mass is 10.2. The molecule has 1 saturated carbocycles. The van der Waals surface area contributed by atoms with Crippen molar-refractivity contribution in [2.24, 2.45) is 0 Å². The Bertz CT molecular complexity index is 481.